The number of aliphatic hydroxyl groups is 1. The SMILES string of the molecule is CCN(CC(O)c1ccccc1)C1CCNC1. The fourth-order valence-corrected chi connectivity index (χ4v) is 2.49. The molecule has 1 aromatic carbocycles. The van der Waals surface area contributed by atoms with Gasteiger partial charge in [-0.05, 0) is 25.1 Å². The molecule has 1 saturated heterocycles. The highest BCUT2D eigenvalue weighted by molar-refractivity contribution is 5.17. The van der Waals surface area contributed by atoms with Crippen molar-refractivity contribution in [3.8, 4) is 0 Å². The van der Waals surface area contributed by atoms with Gasteiger partial charge in [0, 0.05) is 19.1 Å². The quantitative estimate of drug-likeness (QED) is 0.808. The maximum atomic E-state index is 10.2. The summed E-state index contributed by atoms with van der Waals surface area (Å²) in [6.45, 7) is 6.04. The highest BCUT2D eigenvalue weighted by Gasteiger charge is 2.23. The van der Waals surface area contributed by atoms with Gasteiger partial charge in [0.2, 0.25) is 0 Å². The molecule has 2 rings (SSSR count). The van der Waals surface area contributed by atoms with Crippen molar-refractivity contribution in [1.82, 2.24) is 10.2 Å². The molecule has 0 aromatic heterocycles. The van der Waals surface area contributed by atoms with E-state index in [0.717, 1.165) is 31.7 Å². The number of benzene rings is 1. The van der Waals surface area contributed by atoms with Crippen molar-refractivity contribution in [2.45, 2.75) is 25.5 Å². The molecule has 0 saturated carbocycles. The number of aliphatic hydroxyl groups excluding tert-OH is 1. The Hall–Kier alpha value is -0.900. The Balaban J connectivity index is 1.94. The standard InChI is InChI=1S/C14H22N2O/c1-2-16(13-8-9-15-10-13)11-14(17)12-6-4-3-5-7-12/h3-7,13-15,17H,2,8-11H2,1H3. The van der Waals surface area contributed by atoms with Crippen LogP contribution in [-0.4, -0.2) is 42.2 Å². The lowest BCUT2D eigenvalue weighted by Crippen LogP contribution is -2.39. The maximum Gasteiger partial charge on any atom is 0.0917 e. The van der Waals surface area contributed by atoms with Crippen molar-refractivity contribution in [3.63, 3.8) is 0 Å². The summed E-state index contributed by atoms with van der Waals surface area (Å²) in [6.07, 6.45) is 0.812. The lowest BCUT2D eigenvalue weighted by atomic mass is 10.1. The molecule has 2 N–H and O–H groups in total. The van der Waals surface area contributed by atoms with Crippen LogP contribution in [0.15, 0.2) is 30.3 Å². The van der Waals surface area contributed by atoms with Crippen LogP contribution in [0.4, 0.5) is 0 Å². The van der Waals surface area contributed by atoms with Gasteiger partial charge < -0.3 is 10.4 Å². The minimum atomic E-state index is -0.378. The number of nitrogens with one attached hydrogen (secondary N) is 1. The third-order valence-electron chi connectivity index (χ3n) is 3.55. The minimum absolute atomic E-state index is 0.378. The van der Waals surface area contributed by atoms with Gasteiger partial charge >= 0.3 is 0 Å². The summed E-state index contributed by atoms with van der Waals surface area (Å²) in [7, 11) is 0. The molecule has 17 heavy (non-hydrogen) atoms. The van der Waals surface area contributed by atoms with E-state index in [0.29, 0.717) is 6.04 Å². The molecule has 2 atom stereocenters. The average molecular weight is 234 g/mol. The molecule has 1 heterocycles. The van der Waals surface area contributed by atoms with Crippen LogP contribution in [0.2, 0.25) is 0 Å². The molecule has 0 radical (unpaired) electrons. The number of rotatable bonds is 5. The molecule has 2 unspecified atom stereocenters. The van der Waals surface area contributed by atoms with Crippen LogP contribution in [-0.2, 0) is 0 Å². The first-order valence-corrected chi connectivity index (χ1v) is 6.49. The number of hydrogen-bond donors (Lipinski definition) is 2. The zero-order chi connectivity index (χ0) is 12.1. The van der Waals surface area contributed by atoms with E-state index in [4.69, 9.17) is 0 Å². The topological polar surface area (TPSA) is 35.5 Å². The van der Waals surface area contributed by atoms with Crippen LogP contribution < -0.4 is 5.32 Å². The normalized spacial score (nSPS) is 21.9. The van der Waals surface area contributed by atoms with E-state index in [-0.39, 0.29) is 6.10 Å². The first-order valence-electron chi connectivity index (χ1n) is 6.49. The lowest BCUT2D eigenvalue weighted by molar-refractivity contribution is 0.0948. The molecule has 0 amide bonds. The van der Waals surface area contributed by atoms with Crippen LogP contribution in [0.3, 0.4) is 0 Å². The first-order chi connectivity index (χ1) is 8.31. The fourth-order valence-electron chi connectivity index (χ4n) is 2.49. The predicted molar refractivity (Wildman–Crippen MR) is 69.9 cm³/mol. The molecule has 3 nitrogen and oxygen atoms in total. The number of likely N-dealkylation sites (N-methyl/N-ethyl adjacent to an activating group) is 1. The predicted octanol–water partition coefficient (Wildman–Crippen LogP) is 1.40. The van der Waals surface area contributed by atoms with Gasteiger partial charge in [-0.3, -0.25) is 4.90 Å². The van der Waals surface area contributed by atoms with Gasteiger partial charge in [0.25, 0.3) is 0 Å². The third-order valence-corrected chi connectivity index (χ3v) is 3.55. The Bertz CT molecular complexity index is 322. The van der Waals surface area contributed by atoms with E-state index in [1.807, 2.05) is 30.3 Å². The second kappa shape index (κ2) is 6.15. The highest BCUT2D eigenvalue weighted by atomic mass is 16.3. The summed E-state index contributed by atoms with van der Waals surface area (Å²) in [5.74, 6) is 0. The largest absolute Gasteiger partial charge is 0.387 e. The maximum absolute atomic E-state index is 10.2. The molecule has 1 aliphatic rings. The van der Waals surface area contributed by atoms with Crippen LogP contribution >= 0.6 is 0 Å². The molecule has 1 fully saturated rings. The van der Waals surface area contributed by atoms with Crippen molar-refractivity contribution in [2.75, 3.05) is 26.2 Å². The zero-order valence-corrected chi connectivity index (χ0v) is 10.5. The highest BCUT2D eigenvalue weighted by Crippen LogP contribution is 2.17. The van der Waals surface area contributed by atoms with Crippen molar-refractivity contribution >= 4 is 0 Å². The summed E-state index contributed by atoms with van der Waals surface area (Å²) >= 11 is 0. The van der Waals surface area contributed by atoms with Gasteiger partial charge in [0.15, 0.2) is 0 Å². The molecule has 1 aliphatic heterocycles. The minimum Gasteiger partial charge on any atom is -0.387 e. The molecular formula is C14H22N2O. The van der Waals surface area contributed by atoms with Crippen molar-refractivity contribution in [1.29, 1.82) is 0 Å². The van der Waals surface area contributed by atoms with Crippen molar-refractivity contribution < 1.29 is 5.11 Å². The molecule has 0 spiro atoms. The van der Waals surface area contributed by atoms with E-state index in [2.05, 4.69) is 17.1 Å². The Morgan fingerprint density at radius 1 is 1.41 bits per heavy atom. The summed E-state index contributed by atoms with van der Waals surface area (Å²) in [4.78, 5) is 2.37. The Morgan fingerprint density at radius 2 is 2.18 bits per heavy atom. The summed E-state index contributed by atoms with van der Waals surface area (Å²) < 4.78 is 0. The summed E-state index contributed by atoms with van der Waals surface area (Å²) in [6, 6.07) is 10.5. The average Bonchev–Trinajstić information content (AvgIpc) is 2.90. The van der Waals surface area contributed by atoms with Crippen LogP contribution in [0.1, 0.15) is 25.0 Å². The zero-order valence-electron chi connectivity index (χ0n) is 10.5. The lowest BCUT2D eigenvalue weighted by Gasteiger charge is -2.29. The third kappa shape index (κ3) is 3.28. The van der Waals surface area contributed by atoms with Crippen LogP contribution in [0, 0.1) is 0 Å². The van der Waals surface area contributed by atoms with E-state index in [1.165, 1.54) is 6.42 Å². The second-order valence-electron chi connectivity index (χ2n) is 4.66. The van der Waals surface area contributed by atoms with E-state index in [1.54, 1.807) is 0 Å². The monoisotopic (exact) mass is 234 g/mol. The molecule has 94 valence electrons. The first kappa shape index (κ1) is 12.6. The number of nitrogens with zero attached hydrogens (tertiary/aromatic N) is 1. The molecule has 3 heteroatoms. The van der Waals surface area contributed by atoms with Gasteiger partial charge in [-0.25, -0.2) is 0 Å². The molecule has 0 bridgehead atoms. The van der Waals surface area contributed by atoms with Gasteiger partial charge in [-0.15, -0.1) is 0 Å². The van der Waals surface area contributed by atoms with Crippen LogP contribution in [0.25, 0.3) is 0 Å². The van der Waals surface area contributed by atoms with Crippen molar-refractivity contribution in [3.05, 3.63) is 35.9 Å². The molecular weight excluding hydrogens is 212 g/mol. The van der Waals surface area contributed by atoms with Gasteiger partial charge in [-0.1, -0.05) is 37.3 Å². The van der Waals surface area contributed by atoms with Gasteiger partial charge in [0.05, 0.1) is 6.10 Å². The Morgan fingerprint density at radius 3 is 2.76 bits per heavy atom. The summed E-state index contributed by atoms with van der Waals surface area (Å²) in [5, 5.41) is 13.6. The number of hydrogen-bond acceptors (Lipinski definition) is 3. The van der Waals surface area contributed by atoms with E-state index in [9.17, 15) is 5.11 Å². The smallest absolute Gasteiger partial charge is 0.0917 e. The van der Waals surface area contributed by atoms with Gasteiger partial charge in [-0.2, -0.15) is 0 Å². The van der Waals surface area contributed by atoms with Crippen LogP contribution in [0.5, 0.6) is 0 Å². The Labute approximate surface area is 103 Å². The summed E-state index contributed by atoms with van der Waals surface area (Å²) in [5.41, 5.74) is 1.01. The van der Waals surface area contributed by atoms with Gasteiger partial charge in [0.1, 0.15) is 0 Å². The molecule has 0 aliphatic carbocycles. The second-order valence-corrected chi connectivity index (χ2v) is 4.66. The van der Waals surface area contributed by atoms with E-state index < -0.39 is 0 Å². The fraction of sp³-hybridized carbons (Fsp3) is 0.571. The van der Waals surface area contributed by atoms with Crippen molar-refractivity contribution in [2.24, 2.45) is 0 Å². The van der Waals surface area contributed by atoms with E-state index >= 15 is 0 Å². The Kier molecular flexibility index (Phi) is 4.54. The molecule has 1 aromatic rings.